The second kappa shape index (κ2) is 8.82. The molecule has 0 radical (unpaired) electrons. The van der Waals surface area contributed by atoms with E-state index in [4.69, 9.17) is 4.74 Å². The molecule has 0 spiro atoms. The quantitative estimate of drug-likeness (QED) is 0.814. The lowest BCUT2D eigenvalue weighted by Gasteiger charge is -2.37. The summed E-state index contributed by atoms with van der Waals surface area (Å²) in [6.07, 6.45) is 3.96. The predicted octanol–water partition coefficient (Wildman–Crippen LogP) is 0.897. The molecule has 8 nitrogen and oxygen atoms in total. The van der Waals surface area contributed by atoms with Crippen molar-refractivity contribution in [3.63, 3.8) is 0 Å². The van der Waals surface area contributed by atoms with Crippen LogP contribution in [0, 0.1) is 17.2 Å². The Morgan fingerprint density at radius 2 is 2.30 bits per heavy atom. The van der Waals surface area contributed by atoms with Gasteiger partial charge in [0, 0.05) is 45.3 Å². The zero-order valence-electron chi connectivity index (χ0n) is 15.5. The molecule has 0 aromatic carbocycles. The van der Waals surface area contributed by atoms with E-state index in [9.17, 15) is 14.9 Å². The maximum absolute atomic E-state index is 12.9. The van der Waals surface area contributed by atoms with Crippen LogP contribution in [-0.4, -0.2) is 60.6 Å². The normalized spacial score (nSPS) is 25.9. The SMILES string of the molecule is CO[C@@H]1C[C@@H](C(=O)N2CCNC(=O)CC2)CC[C@H]1Nc1ncccc1C#N. The van der Waals surface area contributed by atoms with Gasteiger partial charge < -0.3 is 20.3 Å². The van der Waals surface area contributed by atoms with E-state index in [2.05, 4.69) is 21.7 Å². The van der Waals surface area contributed by atoms with Crippen LogP contribution in [0.15, 0.2) is 18.3 Å². The van der Waals surface area contributed by atoms with E-state index in [1.54, 1.807) is 30.3 Å². The number of carbonyl (C=O) groups is 2. The van der Waals surface area contributed by atoms with Crippen molar-refractivity contribution in [3.05, 3.63) is 23.9 Å². The topological polar surface area (TPSA) is 107 Å². The van der Waals surface area contributed by atoms with E-state index in [1.165, 1.54) is 0 Å². The molecule has 2 amide bonds. The molecule has 1 aliphatic heterocycles. The average Bonchev–Trinajstić information content (AvgIpc) is 2.92. The van der Waals surface area contributed by atoms with E-state index in [1.807, 2.05) is 0 Å². The summed E-state index contributed by atoms with van der Waals surface area (Å²) in [5.74, 6) is 0.536. The Hall–Kier alpha value is -2.66. The molecule has 0 unspecified atom stereocenters. The summed E-state index contributed by atoms with van der Waals surface area (Å²) in [4.78, 5) is 30.4. The van der Waals surface area contributed by atoms with Crippen LogP contribution in [0.1, 0.15) is 31.2 Å². The minimum absolute atomic E-state index is 0.00312. The number of anilines is 1. The molecule has 2 heterocycles. The fourth-order valence-electron chi connectivity index (χ4n) is 3.81. The average molecular weight is 371 g/mol. The third kappa shape index (κ3) is 4.55. The van der Waals surface area contributed by atoms with Crippen LogP contribution >= 0.6 is 0 Å². The number of ether oxygens (including phenoxy) is 1. The van der Waals surface area contributed by atoms with Crippen LogP contribution in [0.5, 0.6) is 0 Å². The molecule has 1 aliphatic carbocycles. The van der Waals surface area contributed by atoms with Crippen molar-refractivity contribution in [1.29, 1.82) is 5.26 Å². The molecule has 1 saturated carbocycles. The van der Waals surface area contributed by atoms with Gasteiger partial charge >= 0.3 is 0 Å². The van der Waals surface area contributed by atoms with Crippen LogP contribution in [0.4, 0.5) is 5.82 Å². The first kappa shape index (κ1) is 19.1. The summed E-state index contributed by atoms with van der Waals surface area (Å²) in [7, 11) is 1.64. The molecule has 1 saturated heterocycles. The first-order chi connectivity index (χ1) is 13.1. The summed E-state index contributed by atoms with van der Waals surface area (Å²) in [5.41, 5.74) is 0.493. The molecule has 3 rings (SSSR count). The van der Waals surface area contributed by atoms with E-state index in [0.717, 1.165) is 12.8 Å². The second-order valence-corrected chi connectivity index (χ2v) is 6.97. The Bertz CT molecular complexity index is 732. The van der Waals surface area contributed by atoms with Crippen LogP contribution in [0.3, 0.4) is 0 Å². The largest absolute Gasteiger partial charge is 0.379 e. The molecule has 2 N–H and O–H groups in total. The number of hydrogen-bond donors (Lipinski definition) is 2. The second-order valence-electron chi connectivity index (χ2n) is 6.97. The highest BCUT2D eigenvalue weighted by atomic mass is 16.5. The Balaban J connectivity index is 1.63. The molecule has 27 heavy (non-hydrogen) atoms. The van der Waals surface area contributed by atoms with Gasteiger partial charge in [0.2, 0.25) is 11.8 Å². The van der Waals surface area contributed by atoms with Gasteiger partial charge in [-0.3, -0.25) is 9.59 Å². The molecular weight excluding hydrogens is 346 g/mol. The number of nitrogens with zero attached hydrogens (tertiary/aromatic N) is 3. The summed E-state index contributed by atoms with van der Waals surface area (Å²) in [5, 5.41) is 15.3. The number of aromatic nitrogens is 1. The number of nitriles is 1. The third-order valence-corrected chi connectivity index (χ3v) is 5.32. The minimum atomic E-state index is -0.145. The zero-order chi connectivity index (χ0) is 19.2. The van der Waals surface area contributed by atoms with Crippen LogP contribution in [-0.2, 0) is 14.3 Å². The molecule has 8 heteroatoms. The van der Waals surface area contributed by atoms with E-state index in [-0.39, 0.29) is 29.9 Å². The van der Waals surface area contributed by atoms with Crippen LogP contribution in [0.25, 0.3) is 0 Å². The monoisotopic (exact) mass is 371 g/mol. The molecule has 1 aromatic rings. The van der Waals surface area contributed by atoms with Gasteiger partial charge in [0.1, 0.15) is 11.9 Å². The standard InChI is InChI=1S/C19H25N5O3/c1-27-16-11-13(19(26)24-9-6-17(25)21-8-10-24)4-5-15(16)23-18-14(12-20)3-2-7-22-18/h2-3,7,13,15-16H,4-6,8-11H2,1H3,(H,21,25)(H,22,23)/t13-,15+,16+/m0/s1. The lowest BCUT2D eigenvalue weighted by molar-refractivity contribution is -0.138. The smallest absolute Gasteiger partial charge is 0.225 e. The summed E-state index contributed by atoms with van der Waals surface area (Å²) in [6.45, 7) is 1.53. The zero-order valence-corrected chi connectivity index (χ0v) is 15.5. The number of rotatable bonds is 4. The number of carbonyl (C=O) groups excluding carboxylic acids is 2. The Morgan fingerprint density at radius 1 is 1.44 bits per heavy atom. The molecule has 2 fully saturated rings. The van der Waals surface area contributed by atoms with Crippen molar-refractivity contribution in [2.24, 2.45) is 5.92 Å². The van der Waals surface area contributed by atoms with Crippen LogP contribution < -0.4 is 10.6 Å². The van der Waals surface area contributed by atoms with Gasteiger partial charge in [0.05, 0.1) is 17.7 Å². The number of amides is 2. The first-order valence-electron chi connectivity index (χ1n) is 9.32. The summed E-state index contributed by atoms with van der Waals surface area (Å²) in [6, 6.07) is 5.58. The number of methoxy groups -OCH3 is 1. The van der Waals surface area contributed by atoms with Crippen molar-refractivity contribution < 1.29 is 14.3 Å². The van der Waals surface area contributed by atoms with Gasteiger partial charge in [0.15, 0.2) is 0 Å². The van der Waals surface area contributed by atoms with E-state index >= 15 is 0 Å². The van der Waals surface area contributed by atoms with Gasteiger partial charge in [-0.1, -0.05) is 0 Å². The number of hydrogen-bond acceptors (Lipinski definition) is 6. The number of pyridine rings is 1. The van der Waals surface area contributed by atoms with Crippen molar-refractivity contribution in [2.75, 3.05) is 32.1 Å². The van der Waals surface area contributed by atoms with Gasteiger partial charge in [-0.05, 0) is 31.4 Å². The van der Waals surface area contributed by atoms with Gasteiger partial charge in [-0.15, -0.1) is 0 Å². The Kier molecular flexibility index (Phi) is 6.24. The highest BCUT2D eigenvalue weighted by Gasteiger charge is 2.36. The number of nitrogens with one attached hydrogen (secondary N) is 2. The fourth-order valence-corrected chi connectivity index (χ4v) is 3.81. The van der Waals surface area contributed by atoms with Gasteiger partial charge in [-0.2, -0.15) is 5.26 Å². The summed E-state index contributed by atoms with van der Waals surface area (Å²) >= 11 is 0. The van der Waals surface area contributed by atoms with Crippen molar-refractivity contribution >= 4 is 17.6 Å². The minimum Gasteiger partial charge on any atom is -0.379 e. The first-order valence-corrected chi connectivity index (χ1v) is 9.32. The highest BCUT2D eigenvalue weighted by molar-refractivity contribution is 5.81. The van der Waals surface area contributed by atoms with Crippen molar-refractivity contribution in [2.45, 2.75) is 37.8 Å². The molecular formula is C19H25N5O3. The summed E-state index contributed by atoms with van der Waals surface area (Å²) < 4.78 is 5.65. The van der Waals surface area contributed by atoms with Gasteiger partial charge in [0.25, 0.3) is 0 Å². The van der Waals surface area contributed by atoms with Crippen molar-refractivity contribution in [1.82, 2.24) is 15.2 Å². The molecule has 1 aromatic heterocycles. The Labute approximate surface area is 158 Å². The fraction of sp³-hybridized carbons (Fsp3) is 0.579. The highest BCUT2D eigenvalue weighted by Crippen LogP contribution is 2.30. The Morgan fingerprint density at radius 3 is 3.07 bits per heavy atom. The lowest BCUT2D eigenvalue weighted by Crippen LogP contribution is -2.46. The van der Waals surface area contributed by atoms with E-state index in [0.29, 0.717) is 43.9 Å². The maximum atomic E-state index is 12.9. The third-order valence-electron chi connectivity index (χ3n) is 5.32. The van der Waals surface area contributed by atoms with Crippen LogP contribution in [0.2, 0.25) is 0 Å². The van der Waals surface area contributed by atoms with Crippen molar-refractivity contribution in [3.8, 4) is 6.07 Å². The molecule has 2 aliphatic rings. The van der Waals surface area contributed by atoms with Gasteiger partial charge in [-0.25, -0.2) is 4.98 Å². The predicted molar refractivity (Wildman–Crippen MR) is 98.7 cm³/mol. The molecule has 0 bridgehead atoms. The maximum Gasteiger partial charge on any atom is 0.225 e. The molecule has 3 atom stereocenters. The van der Waals surface area contributed by atoms with E-state index < -0.39 is 0 Å². The molecule has 144 valence electrons. The lowest BCUT2D eigenvalue weighted by atomic mass is 9.82.